The Balaban J connectivity index is 1.31. The van der Waals surface area contributed by atoms with E-state index in [4.69, 9.17) is 9.47 Å². The molecular weight excluding hydrogens is 456 g/mol. The molecule has 2 atom stereocenters. The Morgan fingerprint density at radius 2 is 1.43 bits per heavy atom. The van der Waals surface area contributed by atoms with E-state index in [0.29, 0.717) is 12.4 Å². The van der Waals surface area contributed by atoms with Gasteiger partial charge in [0.15, 0.2) is 0 Å². The van der Waals surface area contributed by atoms with Gasteiger partial charge in [0.05, 0.1) is 0 Å². The Morgan fingerprint density at radius 3 is 2.11 bits per heavy atom. The van der Waals surface area contributed by atoms with Crippen molar-refractivity contribution in [3.8, 4) is 17.2 Å². The van der Waals surface area contributed by atoms with Gasteiger partial charge in [-0.2, -0.15) is 0 Å². The Bertz CT molecular complexity index is 1360. The zero-order valence-electron chi connectivity index (χ0n) is 22.3. The third-order valence-corrected chi connectivity index (χ3v) is 7.90. The van der Waals surface area contributed by atoms with Gasteiger partial charge in [-0.3, -0.25) is 0 Å². The van der Waals surface area contributed by atoms with Crippen molar-refractivity contribution in [3.05, 3.63) is 124 Å². The van der Waals surface area contributed by atoms with E-state index in [2.05, 4.69) is 91.9 Å². The molecule has 1 heterocycles. The minimum absolute atomic E-state index is 0.277. The number of phenolic OH excluding ortho intramolecular Hbond substituents is 1. The number of benzene rings is 4. The van der Waals surface area contributed by atoms with E-state index in [1.807, 2.05) is 20.8 Å². The van der Waals surface area contributed by atoms with Crippen LogP contribution in [0.15, 0.2) is 84.9 Å². The van der Waals surface area contributed by atoms with E-state index in [1.165, 1.54) is 16.7 Å². The van der Waals surface area contributed by atoms with Crippen molar-refractivity contribution >= 4 is 0 Å². The number of aromatic hydroxyl groups is 1. The fourth-order valence-corrected chi connectivity index (χ4v) is 5.39. The van der Waals surface area contributed by atoms with Gasteiger partial charge < -0.3 is 14.6 Å². The maximum absolute atomic E-state index is 10.5. The van der Waals surface area contributed by atoms with E-state index >= 15 is 0 Å². The number of fused-ring (bicyclic) bond motifs is 1. The van der Waals surface area contributed by atoms with Gasteiger partial charge in [-0.15, -0.1) is 0 Å². The summed E-state index contributed by atoms with van der Waals surface area (Å²) in [7, 11) is 0. The molecule has 0 saturated carbocycles. The summed E-state index contributed by atoms with van der Waals surface area (Å²) in [6, 6.07) is 29.9. The predicted molar refractivity (Wildman–Crippen MR) is 150 cm³/mol. The summed E-state index contributed by atoms with van der Waals surface area (Å²) in [5.74, 6) is 2.42. The van der Waals surface area contributed by atoms with Crippen LogP contribution in [0.5, 0.6) is 17.2 Å². The lowest BCUT2D eigenvalue weighted by molar-refractivity contribution is 0.0166. The third kappa shape index (κ3) is 5.22. The molecule has 190 valence electrons. The second-order valence-electron chi connectivity index (χ2n) is 10.6. The molecule has 0 fully saturated rings. The van der Waals surface area contributed by atoms with Crippen molar-refractivity contribution in [2.75, 3.05) is 6.61 Å². The fourth-order valence-electron chi connectivity index (χ4n) is 5.39. The van der Waals surface area contributed by atoms with Crippen LogP contribution in [0.3, 0.4) is 0 Å². The standard InChI is InChI=1S/C34H36O3/c1-23-24(2)33-30(25(3)32(23)35)19-20-34(4,37-33)22-36-29-17-15-28(16-18-29)31(27-13-9-6-10-14-27)21-26-11-7-5-8-12-26/h5-18,31,35H,19-22H2,1-4H3. The Morgan fingerprint density at radius 1 is 0.811 bits per heavy atom. The van der Waals surface area contributed by atoms with Crippen molar-refractivity contribution in [1.29, 1.82) is 0 Å². The van der Waals surface area contributed by atoms with Crippen LogP contribution in [0, 0.1) is 20.8 Å². The number of hydrogen-bond acceptors (Lipinski definition) is 3. The van der Waals surface area contributed by atoms with Gasteiger partial charge in [0.2, 0.25) is 0 Å². The van der Waals surface area contributed by atoms with Crippen LogP contribution in [0.1, 0.15) is 58.2 Å². The van der Waals surface area contributed by atoms with Crippen molar-refractivity contribution in [3.63, 3.8) is 0 Å². The Kier molecular flexibility index (Phi) is 6.97. The molecule has 0 radical (unpaired) electrons. The molecule has 3 heteroatoms. The number of ether oxygens (including phenoxy) is 2. The highest BCUT2D eigenvalue weighted by Gasteiger charge is 2.35. The van der Waals surface area contributed by atoms with Crippen LogP contribution >= 0.6 is 0 Å². The highest BCUT2D eigenvalue weighted by atomic mass is 16.5. The number of phenols is 1. The summed E-state index contributed by atoms with van der Waals surface area (Å²) >= 11 is 0. The second-order valence-corrected chi connectivity index (χ2v) is 10.6. The minimum atomic E-state index is -0.424. The molecule has 4 aromatic carbocycles. The van der Waals surface area contributed by atoms with Gasteiger partial charge in [0.25, 0.3) is 0 Å². The van der Waals surface area contributed by atoms with Gasteiger partial charge in [-0.1, -0.05) is 72.8 Å². The normalized spacial score (nSPS) is 17.5. The van der Waals surface area contributed by atoms with E-state index in [-0.39, 0.29) is 5.92 Å². The Labute approximate surface area is 220 Å². The second kappa shape index (κ2) is 10.3. The first-order valence-corrected chi connectivity index (χ1v) is 13.2. The summed E-state index contributed by atoms with van der Waals surface area (Å²) < 4.78 is 12.8. The van der Waals surface area contributed by atoms with Crippen molar-refractivity contribution < 1.29 is 14.6 Å². The van der Waals surface area contributed by atoms with Gasteiger partial charge in [0, 0.05) is 11.5 Å². The van der Waals surface area contributed by atoms with Gasteiger partial charge in [0.1, 0.15) is 29.5 Å². The van der Waals surface area contributed by atoms with Crippen LogP contribution in [0.4, 0.5) is 0 Å². The summed E-state index contributed by atoms with van der Waals surface area (Å²) in [4.78, 5) is 0. The molecule has 0 aliphatic carbocycles. The van der Waals surface area contributed by atoms with E-state index in [1.54, 1.807) is 0 Å². The first-order valence-electron chi connectivity index (χ1n) is 13.2. The molecular formula is C34H36O3. The fraction of sp³-hybridized carbons (Fsp3) is 0.294. The van der Waals surface area contributed by atoms with Crippen LogP contribution in [0.2, 0.25) is 0 Å². The lowest BCUT2D eigenvalue weighted by Crippen LogP contribution is -2.42. The van der Waals surface area contributed by atoms with Crippen LogP contribution < -0.4 is 9.47 Å². The smallest absolute Gasteiger partial charge is 0.140 e. The van der Waals surface area contributed by atoms with Crippen molar-refractivity contribution in [2.45, 2.75) is 58.5 Å². The zero-order chi connectivity index (χ0) is 26.0. The predicted octanol–water partition coefficient (Wildman–Crippen LogP) is 7.85. The maximum Gasteiger partial charge on any atom is 0.140 e. The number of hydrogen-bond donors (Lipinski definition) is 1. The molecule has 3 nitrogen and oxygen atoms in total. The molecule has 0 spiro atoms. The molecule has 0 aromatic heterocycles. The number of rotatable bonds is 7. The van der Waals surface area contributed by atoms with E-state index in [9.17, 15) is 5.11 Å². The molecule has 5 rings (SSSR count). The molecule has 1 aliphatic heterocycles. The van der Waals surface area contributed by atoms with Crippen LogP contribution in [0.25, 0.3) is 0 Å². The average Bonchev–Trinajstić information content (AvgIpc) is 2.94. The molecule has 1 aliphatic rings. The van der Waals surface area contributed by atoms with Crippen molar-refractivity contribution in [2.24, 2.45) is 0 Å². The largest absolute Gasteiger partial charge is 0.507 e. The molecule has 2 unspecified atom stereocenters. The van der Waals surface area contributed by atoms with Gasteiger partial charge >= 0.3 is 0 Å². The molecule has 0 bridgehead atoms. The lowest BCUT2D eigenvalue weighted by atomic mass is 9.86. The SMILES string of the molecule is Cc1c(C)c2c(c(C)c1O)CCC(C)(COc1ccc(C(Cc3ccccc3)c3ccccc3)cc1)O2. The highest BCUT2D eigenvalue weighted by Crippen LogP contribution is 2.43. The topological polar surface area (TPSA) is 38.7 Å². The highest BCUT2D eigenvalue weighted by molar-refractivity contribution is 5.58. The van der Waals surface area contributed by atoms with Crippen molar-refractivity contribution in [1.82, 2.24) is 0 Å². The molecule has 37 heavy (non-hydrogen) atoms. The average molecular weight is 493 g/mol. The first-order chi connectivity index (χ1) is 17.8. The summed E-state index contributed by atoms with van der Waals surface area (Å²) in [5, 5.41) is 10.5. The Hall–Kier alpha value is -3.72. The summed E-state index contributed by atoms with van der Waals surface area (Å²) in [6.07, 6.45) is 2.66. The first kappa shape index (κ1) is 25.0. The van der Waals surface area contributed by atoms with E-state index in [0.717, 1.165) is 53.0 Å². The molecule has 0 amide bonds. The minimum Gasteiger partial charge on any atom is -0.507 e. The van der Waals surface area contributed by atoms with Gasteiger partial charge in [-0.05, 0) is 92.5 Å². The zero-order valence-corrected chi connectivity index (χ0v) is 22.3. The quantitative estimate of drug-likeness (QED) is 0.285. The molecule has 4 aromatic rings. The molecule has 0 saturated heterocycles. The third-order valence-electron chi connectivity index (χ3n) is 7.90. The molecule has 1 N–H and O–H groups in total. The summed E-state index contributed by atoms with van der Waals surface area (Å²) in [6.45, 7) is 8.54. The van der Waals surface area contributed by atoms with Gasteiger partial charge in [-0.25, -0.2) is 0 Å². The van der Waals surface area contributed by atoms with E-state index < -0.39 is 5.60 Å². The summed E-state index contributed by atoms with van der Waals surface area (Å²) in [5.41, 5.74) is 7.44. The van der Waals surface area contributed by atoms with Crippen LogP contribution in [-0.2, 0) is 12.8 Å². The lowest BCUT2D eigenvalue weighted by Gasteiger charge is -2.37. The monoisotopic (exact) mass is 492 g/mol. The maximum atomic E-state index is 10.5. The van der Waals surface area contributed by atoms with Crippen LogP contribution in [-0.4, -0.2) is 17.3 Å².